The lowest BCUT2D eigenvalue weighted by Gasteiger charge is -2.20. The Balaban J connectivity index is 1.63. The number of benzene rings is 2. The largest absolute Gasteiger partial charge is 0.492 e. The number of fused-ring (bicyclic) bond motifs is 1. The van der Waals surface area contributed by atoms with Crippen molar-refractivity contribution < 1.29 is 19.0 Å². The topological polar surface area (TPSA) is 68.8 Å². The molecule has 1 aliphatic rings. The molecular weight excluding hydrogens is 388 g/mol. The van der Waals surface area contributed by atoms with Crippen LogP contribution in [0.5, 0.6) is 17.2 Å². The number of hydrogen-bond donors (Lipinski definition) is 2. The van der Waals surface area contributed by atoms with E-state index in [9.17, 15) is 4.79 Å². The molecule has 3 rings (SSSR count). The summed E-state index contributed by atoms with van der Waals surface area (Å²) in [7, 11) is 0. The molecule has 2 N–H and O–H groups in total. The molecule has 1 aliphatic heterocycles. The molecule has 0 bridgehead atoms. The SMILES string of the molecule is CCOc1ccccc1NCC(=O)Nc1cc2c(cc1Br)OCCO2. The standard InChI is InChI=1S/C18H19BrN2O4/c1-2-23-15-6-4-3-5-13(15)20-11-18(22)21-14-10-17-16(9-12(14)19)24-7-8-25-17/h3-6,9-10,20H,2,7-8,11H2,1H3,(H,21,22). The molecular formula is C18H19BrN2O4. The number of ether oxygens (including phenoxy) is 3. The van der Waals surface area contributed by atoms with Gasteiger partial charge in [-0.15, -0.1) is 0 Å². The molecule has 132 valence electrons. The van der Waals surface area contributed by atoms with Crippen molar-refractivity contribution in [2.75, 3.05) is 37.0 Å². The van der Waals surface area contributed by atoms with Crippen LogP contribution >= 0.6 is 15.9 Å². The number of para-hydroxylation sites is 2. The Morgan fingerprint density at radius 3 is 2.64 bits per heavy atom. The van der Waals surface area contributed by atoms with E-state index in [0.717, 1.165) is 15.9 Å². The summed E-state index contributed by atoms with van der Waals surface area (Å²) in [6.45, 7) is 3.62. The lowest BCUT2D eigenvalue weighted by atomic mass is 10.2. The van der Waals surface area contributed by atoms with Crippen molar-refractivity contribution in [2.24, 2.45) is 0 Å². The highest BCUT2D eigenvalue weighted by atomic mass is 79.9. The second kappa shape index (κ2) is 8.11. The van der Waals surface area contributed by atoms with Crippen molar-refractivity contribution >= 4 is 33.2 Å². The smallest absolute Gasteiger partial charge is 0.243 e. The lowest BCUT2D eigenvalue weighted by molar-refractivity contribution is -0.114. The van der Waals surface area contributed by atoms with Crippen LogP contribution in [0.25, 0.3) is 0 Å². The summed E-state index contributed by atoms with van der Waals surface area (Å²) in [6, 6.07) is 11.1. The van der Waals surface area contributed by atoms with Gasteiger partial charge >= 0.3 is 0 Å². The second-order valence-corrected chi connectivity index (χ2v) is 6.16. The zero-order valence-corrected chi connectivity index (χ0v) is 15.4. The van der Waals surface area contributed by atoms with Crippen LogP contribution < -0.4 is 24.8 Å². The summed E-state index contributed by atoms with van der Waals surface area (Å²) >= 11 is 3.44. The first-order chi connectivity index (χ1) is 12.2. The molecule has 0 radical (unpaired) electrons. The zero-order chi connectivity index (χ0) is 17.6. The van der Waals surface area contributed by atoms with Gasteiger partial charge in [0.2, 0.25) is 5.91 Å². The zero-order valence-electron chi connectivity index (χ0n) is 13.8. The van der Waals surface area contributed by atoms with Crippen molar-refractivity contribution in [1.29, 1.82) is 0 Å². The first-order valence-corrected chi connectivity index (χ1v) is 8.81. The number of carbonyl (C=O) groups excluding carboxylic acids is 1. The number of rotatable bonds is 6. The van der Waals surface area contributed by atoms with Gasteiger partial charge in [0.15, 0.2) is 11.5 Å². The Morgan fingerprint density at radius 2 is 1.88 bits per heavy atom. The van der Waals surface area contributed by atoms with Gasteiger partial charge in [0.05, 0.1) is 24.5 Å². The Bertz CT molecular complexity index is 767. The molecule has 0 unspecified atom stereocenters. The predicted molar refractivity (Wildman–Crippen MR) is 99.9 cm³/mol. The maximum Gasteiger partial charge on any atom is 0.243 e. The third-order valence-corrected chi connectivity index (χ3v) is 4.19. The first-order valence-electron chi connectivity index (χ1n) is 8.02. The molecule has 6 nitrogen and oxygen atoms in total. The Labute approximate surface area is 154 Å². The van der Waals surface area contributed by atoms with E-state index in [1.807, 2.05) is 31.2 Å². The minimum Gasteiger partial charge on any atom is -0.492 e. The van der Waals surface area contributed by atoms with Gasteiger partial charge in [0, 0.05) is 16.6 Å². The van der Waals surface area contributed by atoms with Crippen LogP contribution in [0.15, 0.2) is 40.9 Å². The van der Waals surface area contributed by atoms with Gasteiger partial charge in [-0.2, -0.15) is 0 Å². The Morgan fingerprint density at radius 1 is 1.16 bits per heavy atom. The quantitative estimate of drug-likeness (QED) is 0.765. The lowest BCUT2D eigenvalue weighted by Crippen LogP contribution is -2.22. The molecule has 0 aromatic heterocycles. The summed E-state index contributed by atoms with van der Waals surface area (Å²) in [5, 5.41) is 5.95. The molecule has 2 aromatic carbocycles. The third-order valence-electron chi connectivity index (χ3n) is 3.53. The van der Waals surface area contributed by atoms with Gasteiger partial charge in [-0.1, -0.05) is 12.1 Å². The molecule has 0 fully saturated rings. The average Bonchev–Trinajstić information content (AvgIpc) is 2.62. The third kappa shape index (κ3) is 4.36. The molecule has 2 aromatic rings. The fraction of sp³-hybridized carbons (Fsp3) is 0.278. The van der Waals surface area contributed by atoms with Crippen LogP contribution in [0.2, 0.25) is 0 Å². The van der Waals surface area contributed by atoms with Gasteiger partial charge in [-0.3, -0.25) is 4.79 Å². The van der Waals surface area contributed by atoms with Gasteiger partial charge in [0.1, 0.15) is 19.0 Å². The average molecular weight is 407 g/mol. The van der Waals surface area contributed by atoms with E-state index >= 15 is 0 Å². The van der Waals surface area contributed by atoms with Crippen LogP contribution in [0.1, 0.15) is 6.92 Å². The number of carbonyl (C=O) groups is 1. The number of hydrogen-bond acceptors (Lipinski definition) is 5. The first kappa shape index (κ1) is 17.4. The highest BCUT2D eigenvalue weighted by molar-refractivity contribution is 9.10. The van der Waals surface area contributed by atoms with E-state index in [4.69, 9.17) is 14.2 Å². The Hall–Kier alpha value is -2.41. The van der Waals surface area contributed by atoms with Crippen LogP contribution in [0, 0.1) is 0 Å². The van der Waals surface area contributed by atoms with E-state index in [-0.39, 0.29) is 12.5 Å². The maximum atomic E-state index is 12.3. The summed E-state index contributed by atoms with van der Waals surface area (Å²) in [4.78, 5) is 12.3. The van der Waals surface area contributed by atoms with Crippen molar-refractivity contribution in [3.05, 3.63) is 40.9 Å². The molecule has 0 saturated carbocycles. The number of halogens is 1. The summed E-state index contributed by atoms with van der Waals surface area (Å²) < 4.78 is 17.3. The van der Waals surface area contributed by atoms with Crippen LogP contribution in [-0.4, -0.2) is 32.3 Å². The molecule has 1 heterocycles. The van der Waals surface area contributed by atoms with Crippen LogP contribution in [0.3, 0.4) is 0 Å². The van der Waals surface area contributed by atoms with Gasteiger partial charge in [0.25, 0.3) is 0 Å². The minimum atomic E-state index is -0.177. The van der Waals surface area contributed by atoms with Crippen molar-refractivity contribution in [3.8, 4) is 17.2 Å². The van der Waals surface area contributed by atoms with E-state index in [0.29, 0.717) is 37.0 Å². The van der Waals surface area contributed by atoms with Gasteiger partial charge < -0.3 is 24.8 Å². The van der Waals surface area contributed by atoms with E-state index in [1.54, 1.807) is 12.1 Å². The molecule has 25 heavy (non-hydrogen) atoms. The summed E-state index contributed by atoms with van der Waals surface area (Å²) in [5.74, 6) is 1.83. The number of amides is 1. The monoisotopic (exact) mass is 406 g/mol. The second-order valence-electron chi connectivity index (χ2n) is 5.31. The van der Waals surface area contributed by atoms with E-state index < -0.39 is 0 Å². The summed E-state index contributed by atoms with van der Waals surface area (Å²) in [5.41, 5.74) is 1.41. The van der Waals surface area contributed by atoms with Gasteiger partial charge in [-0.05, 0) is 35.0 Å². The minimum absolute atomic E-state index is 0.116. The van der Waals surface area contributed by atoms with Crippen molar-refractivity contribution in [1.82, 2.24) is 0 Å². The highest BCUT2D eigenvalue weighted by Crippen LogP contribution is 2.38. The van der Waals surface area contributed by atoms with Crippen molar-refractivity contribution in [3.63, 3.8) is 0 Å². The fourth-order valence-electron chi connectivity index (χ4n) is 2.42. The molecule has 1 amide bonds. The Kier molecular flexibility index (Phi) is 5.65. The molecule has 7 heteroatoms. The van der Waals surface area contributed by atoms with Crippen LogP contribution in [-0.2, 0) is 4.79 Å². The molecule has 0 aliphatic carbocycles. The summed E-state index contributed by atoms with van der Waals surface area (Å²) in [6.07, 6.45) is 0. The van der Waals surface area contributed by atoms with E-state index in [2.05, 4.69) is 26.6 Å². The highest BCUT2D eigenvalue weighted by Gasteiger charge is 2.16. The fourth-order valence-corrected chi connectivity index (χ4v) is 2.85. The maximum absolute atomic E-state index is 12.3. The molecule has 0 saturated heterocycles. The normalized spacial score (nSPS) is 12.4. The van der Waals surface area contributed by atoms with Gasteiger partial charge in [-0.25, -0.2) is 0 Å². The van der Waals surface area contributed by atoms with Crippen LogP contribution in [0.4, 0.5) is 11.4 Å². The van der Waals surface area contributed by atoms with E-state index in [1.165, 1.54) is 0 Å². The number of nitrogens with one attached hydrogen (secondary N) is 2. The number of anilines is 2. The molecule has 0 atom stereocenters. The molecule has 0 spiro atoms. The van der Waals surface area contributed by atoms with Crippen molar-refractivity contribution in [2.45, 2.75) is 6.92 Å². The predicted octanol–water partition coefficient (Wildman–Crippen LogP) is 3.67.